The minimum atomic E-state index is -0.258. The molecule has 22 heavy (non-hydrogen) atoms. The summed E-state index contributed by atoms with van der Waals surface area (Å²) in [6.45, 7) is 8.23. The number of rotatable bonds is 1. The number of hydrogen-bond acceptors (Lipinski definition) is 3. The summed E-state index contributed by atoms with van der Waals surface area (Å²) in [5.41, 5.74) is 4.15. The van der Waals surface area contributed by atoms with E-state index in [0.29, 0.717) is 17.9 Å². The molecule has 1 atom stereocenters. The van der Waals surface area contributed by atoms with Crippen LogP contribution in [0.5, 0.6) is 5.75 Å². The zero-order valence-electron chi connectivity index (χ0n) is 13.4. The Morgan fingerprint density at radius 2 is 1.95 bits per heavy atom. The molecule has 4 heteroatoms. The van der Waals surface area contributed by atoms with Crippen molar-refractivity contribution in [2.24, 2.45) is 0 Å². The van der Waals surface area contributed by atoms with Gasteiger partial charge in [-0.25, -0.2) is 0 Å². The van der Waals surface area contributed by atoms with Gasteiger partial charge in [-0.1, -0.05) is 11.6 Å². The predicted octanol–water partition coefficient (Wildman–Crippen LogP) is 4.56. The molecule has 3 nitrogen and oxygen atoms in total. The van der Waals surface area contributed by atoms with Gasteiger partial charge in [-0.3, -0.25) is 4.79 Å². The van der Waals surface area contributed by atoms with Gasteiger partial charge in [0.1, 0.15) is 11.4 Å². The molecule has 1 aromatic carbocycles. The van der Waals surface area contributed by atoms with Crippen molar-refractivity contribution in [1.82, 2.24) is 0 Å². The Bertz CT molecular complexity index is 701. The second-order valence-electron chi connectivity index (χ2n) is 7.03. The van der Waals surface area contributed by atoms with E-state index in [1.54, 1.807) is 0 Å². The first kappa shape index (κ1) is 15.4. The van der Waals surface area contributed by atoms with E-state index in [4.69, 9.17) is 16.3 Å². The Labute approximate surface area is 135 Å². The summed E-state index contributed by atoms with van der Waals surface area (Å²) in [7, 11) is 0. The number of allylic oxidation sites excluding steroid dienone is 2. The lowest BCUT2D eigenvalue weighted by molar-refractivity contribution is -0.115. The molecule has 0 fully saturated rings. The van der Waals surface area contributed by atoms with E-state index >= 15 is 0 Å². The third-order valence-electron chi connectivity index (χ3n) is 4.75. The lowest BCUT2D eigenvalue weighted by Crippen LogP contribution is -2.24. The summed E-state index contributed by atoms with van der Waals surface area (Å²) in [4.78, 5) is 11.8. The first-order chi connectivity index (χ1) is 10.2. The number of benzene rings is 1. The van der Waals surface area contributed by atoms with Crippen LogP contribution in [-0.4, -0.2) is 16.5 Å². The van der Waals surface area contributed by atoms with E-state index in [0.717, 1.165) is 28.9 Å². The highest BCUT2D eigenvalue weighted by molar-refractivity contribution is 6.33. The largest absolute Gasteiger partial charge is 0.512 e. The van der Waals surface area contributed by atoms with Crippen molar-refractivity contribution in [3.8, 4) is 5.75 Å². The number of aliphatic hydroxyl groups is 1. The standard InChI is InChI=1S/C18H21ClO3/c1-9-10(2)15(11-5-12(20)7-13(21)6-11)16(19)17-14(9)8-18(3,4)22-17/h7,11,20H,5-6,8H2,1-4H3. The molecule has 0 amide bonds. The van der Waals surface area contributed by atoms with Gasteiger partial charge in [0.25, 0.3) is 0 Å². The predicted molar refractivity (Wildman–Crippen MR) is 87.0 cm³/mol. The summed E-state index contributed by atoms with van der Waals surface area (Å²) < 4.78 is 6.05. The maximum Gasteiger partial charge on any atom is 0.159 e. The molecule has 1 N–H and O–H groups in total. The van der Waals surface area contributed by atoms with Crippen LogP contribution in [0.15, 0.2) is 11.8 Å². The lowest BCUT2D eigenvalue weighted by atomic mass is 9.81. The van der Waals surface area contributed by atoms with Crippen LogP contribution in [0.3, 0.4) is 0 Å². The zero-order chi connectivity index (χ0) is 16.2. The van der Waals surface area contributed by atoms with E-state index < -0.39 is 0 Å². The number of hydrogen-bond donors (Lipinski definition) is 1. The van der Waals surface area contributed by atoms with Gasteiger partial charge in [0.15, 0.2) is 5.78 Å². The first-order valence-electron chi connectivity index (χ1n) is 7.62. The first-order valence-corrected chi connectivity index (χ1v) is 8.00. The zero-order valence-corrected chi connectivity index (χ0v) is 14.2. The normalized spacial score (nSPS) is 23.0. The molecule has 0 radical (unpaired) electrons. The molecule has 0 saturated carbocycles. The minimum absolute atomic E-state index is 0.0522. The Hall–Kier alpha value is -1.48. The maximum atomic E-state index is 11.8. The van der Waals surface area contributed by atoms with Crippen LogP contribution in [0.2, 0.25) is 5.02 Å². The van der Waals surface area contributed by atoms with Crippen LogP contribution >= 0.6 is 11.6 Å². The van der Waals surface area contributed by atoms with Crippen molar-refractivity contribution in [2.45, 2.75) is 58.5 Å². The quantitative estimate of drug-likeness (QED) is 0.825. The molecular weight excluding hydrogens is 300 g/mol. The highest BCUT2D eigenvalue weighted by Crippen LogP contribution is 2.49. The van der Waals surface area contributed by atoms with E-state index in [1.165, 1.54) is 11.6 Å². The summed E-state index contributed by atoms with van der Waals surface area (Å²) in [5.74, 6) is 0.757. The molecule has 118 valence electrons. The van der Waals surface area contributed by atoms with Crippen LogP contribution in [-0.2, 0) is 11.2 Å². The smallest absolute Gasteiger partial charge is 0.159 e. The molecule has 1 heterocycles. The van der Waals surface area contributed by atoms with Gasteiger partial charge < -0.3 is 9.84 Å². The van der Waals surface area contributed by atoms with Crippen LogP contribution in [0, 0.1) is 13.8 Å². The monoisotopic (exact) mass is 320 g/mol. The van der Waals surface area contributed by atoms with Gasteiger partial charge in [0, 0.05) is 30.9 Å². The molecule has 2 aliphatic rings. The number of ketones is 1. The van der Waals surface area contributed by atoms with Crippen molar-refractivity contribution in [2.75, 3.05) is 0 Å². The molecule has 0 saturated heterocycles. The third-order valence-corrected chi connectivity index (χ3v) is 5.12. The van der Waals surface area contributed by atoms with Crippen molar-refractivity contribution < 1.29 is 14.6 Å². The Balaban J connectivity index is 2.13. The molecular formula is C18H21ClO3. The lowest BCUT2D eigenvalue weighted by Gasteiger charge is -2.25. The van der Waals surface area contributed by atoms with Gasteiger partial charge in [0.05, 0.1) is 10.8 Å². The fourth-order valence-electron chi connectivity index (χ4n) is 3.64. The Morgan fingerprint density at radius 3 is 2.59 bits per heavy atom. The highest BCUT2D eigenvalue weighted by Gasteiger charge is 2.37. The minimum Gasteiger partial charge on any atom is -0.512 e. The number of carbonyl (C=O) groups excluding carboxylic acids is 1. The molecule has 1 unspecified atom stereocenters. The molecule has 1 aromatic rings. The average Bonchev–Trinajstić information content (AvgIpc) is 2.72. The summed E-state index contributed by atoms with van der Waals surface area (Å²) in [6, 6.07) is 0. The number of carbonyl (C=O) groups is 1. The van der Waals surface area contributed by atoms with Crippen LogP contribution < -0.4 is 4.74 Å². The van der Waals surface area contributed by atoms with Crippen LogP contribution in [0.4, 0.5) is 0 Å². The molecule has 0 bridgehead atoms. The topological polar surface area (TPSA) is 46.5 Å². The number of aliphatic hydroxyl groups excluding tert-OH is 1. The average molecular weight is 321 g/mol. The van der Waals surface area contributed by atoms with Gasteiger partial charge >= 0.3 is 0 Å². The van der Waals surface area contributed by atoms with Crippen molar-refractivity contribution in [3.63, 3.8) is 0 Å². The van der Waals surface area contributed by atoms with Crippen LogP contribution in [0.25, 0.3) is 0 Å². The fraction of sp³-hybridized carbons (Fsp3) is 0.500. The van der Waals surface area contributed by atoms with Crippen molar-refractivity contribution in [1.29, 1.82) is 0 Å². The van der Waals surface area contributed by atoms with Crippen LogP contribution in [0.1, 0.15) is 54.9 Å². The third kappa shape index (κ3) is 2.41. The van der Waals surface area contributed by atoms with E-state index in [2.05, 4.69) is 20.8 Å². The van der Waals surface area contributed by atoms with Crippen molar-refractivity contribution in [3.05, 3.63) is 39.1 Å². The van der Waals surface area contributed by atoms with E-state index in [9.17, 15) is 9.90 Å². The Kier molecular flexibility index (Phi) is 3.52. The summed E-state index contributed by atoms with van der Waals surface area (Å²) in [6.07, 6.45) is 2.99. The molecule has 1 aliphatic heterocycles. The fourth-order valence-corrected chi connectivity index (χ4v) is 4.08. The number of fused-ring (bicyclic) bond motifs is 1. The molecule has 0 aromatic heterocycles. The summed E-state index contributed by atoms with van der Waals surface area (Å²) in [5, 5.41) is 10.4. The molecule has 0 spiro atoms. The second-order valence-corrected chi connectivity index (χ2v) is 7.41. The summed E-state index contributed by atoms with van der Waals surface area (Å²) >= 11 is 6.65. The van der Waals surface area contributed by atoms with E-state index in [1.807, 2.05) is 6.92 Å². The number of ether oxygens (including phenoxy) is 1. The van der Waals surface area contributed by atoms with E-state index in [-0.39, 0.29) is 23.1 Å². The van der Waals surface area contributed by atoms with Gasteiger partial charge in [0.2, 0.25) is 0 Å². The van der Waals surface area contributed by atoms with Crippen molar-refractivity contribution >= 4 is 17.4 Å². The maximum absolute atomic E-state index is 11.8. The van der Waals surface area contributed by atoms with Gasteiger partial charge in [-0.05, 0) is 50.3 Å². The second kappa shape index (κ2) is 5.02. The van der Waals surface area contributed by atoms with Gasteiger partial charge in [-0.2, -0.15) is 0 Å². The molecule has 3 rings (SSSR count). The molecule has 1 aliphatic carbocycles. The Morgan fingerprint density at radius 1 is 1.27 bits per heavy atom. The SMILES string of the molecule is Cc1c(C)c(C2CC(=O)C=C(O)C2)c(Cl)c2c1CC(C)(C)O2. The number of halogens is 1. The highest BCUT2D eigenvalue weighted by atomic mass is 35.5. The van der Waals surface area contributed by atoms with Gasteiger partial charge in [-0.15, -0.1) is 0 Å².